The van der Waals surface area contributed by atoms with Crippen LogP contribution in [0.4, 0.5) is 5.82 Å². The molecule has 2 aromatic heterocycles. The Morgan fingerprint density at radius 1 is 1.39 bits per heavy atom. The van der Waals surface area contributed by atoms with Gasteiger partial charge >= 0.3 is 0 Å². The molecular formula is C14H18N2OS. The maximum atomic E-state index is 9.19. The summed E-state index contributed by atoms with van der Waals surface area (Å²) in [7, 11) is 0. The number of hydrogen-bond donors (Lipinski definition) is 1. The van der Waals surface area contributed by atoms with Crippen LogP contribution in [-0.2, 0) is 13.2 Å². The number of anilines is 1. The van der Waals surface area contributed by atoms with Crippen LogP contribution in [0.5, 0.6) is 0 Å². The summed E-state index contributed by atoms with van der Waals surface area (Å²) in [6.07, 6.45) is 1.75. The Bertz CT molecular complexity index is 482. The minimum absolute atomic E-state index is 0.0560. The summed E-state index contributed by atoms with van der Waals surface area (Å²) in [4.78, 5) is 7.97. The second-order valence-corrected chi connectivity index (χ2v) is 5.51. The summed E-state index contributed by atoms with van der Waals surface area (Å²) < 4.78 is 0. The fourth-order valence-corrected chi connectivity index (χ4v) is 2.52. The van der Waals surface area contributed by atoms with E-state index in [1.165, 1.54) is 4.88 Å². The summed E-state index contributed by atoms with van der Waals surface area (Å²) in [5, 5.41) is 11.3. The average molecular weight is 262 g/mol. The summed E-state index contributed by atoms with van der Waals surface area (Å²) >= 11 is 1.75. The van der Waals surface area contributed by atoms with Crippen LogP contribution in [0.3, 0.4) is 0 Å². The minimum atomic E-state index is 0.0560. The highest BCUT2D eigenvalue weighted by Gasteiger charge is 2.13. The molecule has 0 spiro atoms. The van der Waals surface area contributed by atoms with Gasteiger partial charge < -0.3 is 10.0 Å². The average Bonchev–Trinajstić information content (AvgIpc) is 2.88. The second-order valence-electron chi connectivity index (χ2n) is 4.48. The number of pyridine rings is 1. The number of thiophene rings is 1. The Kier molecular flexibility index (Phi) is 4.33. The van der Waals surface area contributed by atoms with E-state index >= 15 is 0 Å². The van der Waals surface area contributed by atoms with Crippen molar-refractivity contribution in [1.29, 1.82) is 0 Å². The van der Waals surface area contributed by atoms with Crippen molar-refractivity contribution in [1.82, 2.24) is 4.98 Å². The highest BCUT2D eigenvalue weighted by atomic mass is 32.1. The molecule has 0 bridgehead atoms. The van der Waals surface area contributed by atoms with Crippen molar-refractivity contribution in [2.75, 3.05) is 4.90 Å². The smallest absolute Gasteiger partial charge is 0.129 e. The van der Waals surface area contributed by atoms with Crippen molar-refractivity contribution in [2.24, 2.45) is 0 Å². The minimum Gasteiger partial charge on any atom is -0.392 e. The summed E-state index contributed by atoms with van der Waals surface area (Å²) in [5.41, 5.74) is 0.900. The maximum absolute atomic E-state index is 9.19. The summed E-state index contributed by atoms with van der Waals surface area (Å²) in [6, 6.07) is 8.36. The van der Waals surface area contributed by atoms with Crippen molar-refractivity contribution in [3.8, 4) is 0 Å². The van der Waals surface area contributed by atoms with E-state index in [4.69, 9.17) is 0 Å². The summed E-state index contributed by atoms with van der Waals surface area (Å²) in [5.74, 6) is 0.921. The van der Waals surface area contributed by atoms with Gasteiger partial charge in [-0.2, -0.15) is 0 Å². The van der Waals surface area contributed by atoms with E-state index in [0.717, 1.165) is 17.9 Å². The van der Waals surface area contributed by atoms with E-state index in [9.17, 15) is 5.11 Å². The van der Waals surface area contributed by atoms with Crippen molar-refractivity contribution >= 4 is 17.2 Å². The monoisotopic (exact) mass is 262 g/mol. The van der Waals surface area contributed by atoms with Crippen molar-refractivity contribution < 1.29 is 5.11 Å². The van der Waals surface area contributed by atoms with Crippen LogP contribution in [0.15, 0.2) is 35.8 Å². The molecule has 3 nitrogen and oxygen atoms in total. The van der Waals surface area contributed by atoms with Crippen LogP contribution in [-0.4, -0.2) is 16.1 Å². The molecule has 0 fully saturated rings. The molecule has 0 saturated carbocycles. The number of aliphatic hydroxyl groups is 1. The number of rotatable bonds is 5. The maximum Gasteiger partial charge on any atom is 0.129 e. The third-order valence-corrected chi connectivity index (χ3v) is 3.68. The van der Waals surface area contributed by atoms with E-state index in [-0.39, 0.29) is 6.61 Å². The van der Waals surface area contributed by atoms with Crippen molar-refractivity contribution in [3.63, 3.8) is 0 Å². The van der Waals surface area contributed by atoms with Crippen LogP contribution < -0.4 is 4.90 Å². The normalized spacial score (nSPS) is 10.9. The second kappa shape index (κ2) is 5.98. The van der Waals surface area contributed by atoms with Gasteiger partial charge in [-0.1, -0.05) is 6.07 Å². The van der Waals surface area contributed by atoms with Crippen molar-refractivity contribution in [2.45, 2.75) is 33.0 Å². The highest BCUT2D eigenvalue weighted by Crippen LogP contribution is 2.21. The molecule has 0 radical (unpaired) electrons. The van der Waals surface area contributed by atoms with Crippen LogP contribution >= 0.6 is 11.3 Å². The largest absolute Gasteiger partial charge is 0.392 e. The molecular weight excluding hydrogens is 244 g/mol. The third-order valence-electron chi connectivity index (χ3n) is 2.82. The first-order valence-corrected chi connectivity index (χ1v) is 6.93. The van der Waals surface area contributed by atoms with Gasteiger partial charge in [-0.3, -0.25) is 0 Å². The van der Waals surface area contributed by atoms with Crippen LogP contribution in [0.2, 0.25) is 0 Å². The van der Waals surface area contributed by atoms with Crippen LogP contribution in [0.1, 0.15) is 24.3 Å². The van der Waals surface area contributed by atoms with E-state index in [0.29, 0.717) is 6.04 Å². The number of aliphatic hydroxyl groups excluding tert-OH is 1. The van der Waals surface area contributed by atoms with Gasteiger partial charge in [-0.15, -0.1) is 11.3 Å². The SMILES string of the molecule is CC(C)N(Cc1cccs1)c1cc(CO)ccn1. The van der Waals surface area contributed by atoms with Crippen LogP contribution in [0, 0.1) is 0 Å². The topological polar surface area (TPSA) is 36.4 Å². The van der Waals surface area contributed by atoms with Gasteiger partial charge in [0.1, 0.15) is 5.82 Å². The number of hydrogen-bond acceptors (Lipinski definition) is 4. The van der Waals surface area contributed by atoms with Gasteiger partial charge in [-0.05, 0) is 43.0 Å². The Morgan fingerprint density at radius 2 is 2.22 bits per heavy atom. The lowest BCUT2D eigenvalue weighted by Gasteiger charge is -2.27. The van der Waals surface area contributed by atoms with Gasteiger partial charge in [0.25, 0.3) is 0 Å². The molecule has 4 heteroatoms. The molecule has 2 heterocycles. The van der Waals surface area contributed by atoms with E-state index in [2.05, 4.69) is 41.2 Å². The van der Waals surface area contributed by atoms with Crippen molar-refractivity contribution in [3.05, 3.63) is 46.3 Å². The van der Waals surface area contributed by atoms with Gasteiger partial charge in [0, 0.05) is 17.1 Å². The van der Waals surface area contributed by atoms with Gasteiger partial charge in [-0.25, -0.2) is 4.98 Å². The fraction of sp³-hybridized carbons (Fsp3) is 0.357. The molecule has 0 unspecified atom stereocenters. The molecule has 0 aliphatic heterocycles. The molecule has 1 N–H and O–H groups in total. The Hall–Kier alpha value is -1.39. The lowest BCUT2D eigenvalue weighted by atomic mass is 10.2. The standard InChI is InChI=1S/C14H18N2OS/c1-11(2)16(9-13-4-3-7-18-13)14-8-12(10-17)5-6-15-14/h3-8,11,17H,9-10H2,1-2H3. The molecule has 0 aliphatic rings. The molecule has 2 rings (SSSR count). The molecule has 0 aliphatic carbocycles. The van der Waals surface area contributed by atoms with Gasteiger partial charge in [0.05, 0.1) is 13.2 Å². The van der Waals surface area contributed by atoms with E-state index < -0.39 is 0 Å². The number of nitrogens with zero attached hydrogens (tertiary/aromatic N) is 2. The van der Waals surface area contributed by atoms with Gasteiger partial charge in [0.15, 0.2) is 0 Å². The first-order chi connectivity index (χ1) is 8.70. The first kappa shape index (κ1) is 13.1. The molecule has 2 aromatic rings. The first-order valence-electron chi connectivity index (χ1n) is 6.05. The predicted octanol–water partition coefficient (Wildman–Crippen LogP) is 3.05. The summed E-state index contributed by atoms with van der Waals surface area (Å²) in [6.45, 7) is 5.22. The van der Waals surface area contributed by atoms with Gasteiger partial charge in [0.2, 0.25) is 0 Å². The molecule has 0 saturated heterocycles. The Balaban J connectivity index is 2.23. The van der Waals surface area contributed by atoms with E-state index in [1.807, 2.05) is 12.1 Å². The highest BCUT2D eigenvalue weighted by molar-refractivity contribution is 7.09. The number of aromatic nitrogens is 1. The fourth-order valence-electron chi connectivity index (χ4n) is 1.81. The zero-order valence-electron chi connectivity index (χ0n) is 10.7. The molecule has 96 valence electrons. The quantitative estimate of drug-likeness (QED) is 0.899. The zero-order chi connectivity index (χ0) is 13.0. The lowest BCUT2D eigenvalue weighted by Crippen LogP contribution is -2.30. The predicted molar refractivity (Wildman–Crippen MR) is 75.8 cm³/mol. The lowest BCUT2D eigenvalue weighted by molar-refractivity contribution is 0.281. The van der Waals surface area contributed by atoms with E-state index in [1.54, 1.807) is 17.5 Å². The Morgan fingerprint density at radius 3 is 2.83 bits per heavy atom. The zero-order valence-corrected chi connectivity index (χ0v) is 11.5. The van der Waals surface area contributed by atoms with Crippen LogP contribution in [0.25, 0.3) is 0 Å². The third kappa shape index (κ3) is 3.09. The Labute approximate surface area is 112 Å². The molecule has 0 aromatic carbocycles. The molecule has 0 amide bonds. The molecule has 0 atom stereocenters. The molecule has 18 heavy (non-hydrogen) atoms.